The van der Waals surface area contributed by atoms with E-state index in [0.717, 1.165) is 12.5 Å². The first-order chi connectivity index (χ1) is 6.35. The first-order valence-corrected chi connectivity index (χ1v) is 6.05. The molecule has 1 heteroatoms. The molecule has 0 saturated carbocycles. The van der Waals surface area contributed by atoms with Crippen molar-refractivity contribution in [1.82, 2.24) is 0 Å². The van der Waals surface area contributed by atoms with Crippen LogP contribution in [0.2, 0.25) is 0 Å². The Morgan fingerprint density at radius 2 is 1.62 bits per heavy atom. The van der Waals surface area contributed by atoms with Gasteiger partial charge in [-0.05, 0) is 18.9 Å². The summed E-state index contributed by atoms with van der Waals surface area (Å²) >= 11 is 0. The first-order valence-electron chi connectivity index (χ1n) is 6.05. The van der Waals surface area contributed by atoms with Crippen molar-refractivity contribution in [2.24, 2.45) is 11.7 Å². The average Bonchev–Trinajstić information content (AvgIpc) is 2.17. The fraction of sp³-hybridized carbons (Fsp3) is 1.00. The van der Waals surface area contributed by atoms with Crippen molar-refractivity contribution < 1.29 is 0 Å². The molecule has 0 aromatic rings. The summed E-state index contributed by atoms with van der Waals surface area (Å²) in [5.41, 5.74) is 5.46. The maximum absolute atomic E-state index is 5.46. The Hall–Kier alpha value is -0.0400. The normalized spacial score (nSPS) is 13.2. The Balaban J connectivity index is 3.25. The summed E-state index contributed by atoms with van der Waals surface area (Å²) in [6.45, 7) is 5.47. The Morgan fingerprint density at radius 3 is 2.15 bits per heavy atom. The van der Waals surface area contributed by atoms with Crippen LogP contribution in [-0.2, 0) is 0 Å². The monoisotopic (exact) mass is 185 g/mol. The van der Waals surface area contributed by atoms with E-state index in [1.165, 1.54) is 51.4 Å². The zero-order chi connectivity index (χ0) is 9.94. The number of hydrogen-bond acceptors (Lipinski definition) is 1. The molecule has 0 fully saturated rings. The van der Waals surface area contributed by atoms with Crippen molar-refractivity contribution in [3.05, 3.63) is 0 Å². The van der Waals surface area contributed by atoms with Crippen molar-refractivity contribution in [2.45, 2.75) is 65.2 Å². The van der Waals surface area contributed by atoms with E-state index >= 15 is 0 Å². The van der Waals surface area contributed by atoms with Crippen molar-refractivity contribution in [3.8, 4) is 0 Å². The summed E-state index contributed by atoms with van der Waals surface area (Å²) in [5, 5.41) is 0. The summed E-state index contributed by atoms with van der Waals surface area (Å²) in [5.74, 6) is 0.984. The van der Waals surface area contributed by atoms with E-state index < -0.39 is 0 Å². The van der Waals surface area contributed by atoms with Crippen molar-refractivity contribution in [3.63, 3.8) is 0 Å². The van der Waals surface area contributed by atoms with Gasteiger partial charge < -0.3 is 5.73 Å². The highest BCUT2D eigenvalue weighted by Crippen LogP contribution is 2.19. The Bertz CT molecular complexity index is 91.1. The van der Waals surface area contributed by atoms with E-state index in [1.54, 1.807) is 0 Å². The van der Waals surface area contributed by atoms with E-state index in [1.807, 2.05) is 0 Å². The molecule has 1 nitrogen and oxygen atoms in total. The second kappa shape index (κ2) is 10.0. The molecule has 0 aliphatic heterocycles. The lowest BCUT2D eigenvalue weighted by molar-refractivity contribution is 0.402. The molecule has 2 N–H and O–H groups in total. The quantitative estimate of drug-likeness (QED) is 0.544. The molecule has 0 rings (SSSR count). The lowest BCUT2D eigenvalue weighted by Crippen LogP contribution is -2.01. The second-order valence-electron chi connectivity index (χ2n) is 4.05. The van der Waals surface area contributed by atoms with E-state index in [-0.39, 0.29) is 0 Å². The zero-order valence-corrected chi connectivity index (χ0v) is 9.52. The van der Waals surface area contributed by atoms with Crippen LogP contribution in [0.25, 0.3) is 0 Å². The third-order valence-corrected chi connectivity index (χ3v) is 2.86. The molecule has 1 unspecified atom stereocenters. The van der Waals surface area contributed by atoms with Crippen LogP contribution < -0.4 is 5.73 Å². The minimum absolute atomic E-state index is 0.867. The fourth-order valence-corrected chi connectivity index (χ4v) is 1.80. The molecule has 0 aromatic heterocycles. The lowest BCUT2D eigenvalue weighted by atomic mass is 9.93. The molecule has 0 aliphatic rings. The Labute approximate surface area is 84.1 Å². The number of nitrogens with two attached hydrogens (primary N) is 1. The second-order valence-corrected chi connectivity index (χ2v) is 4.05. The molecule has 0 bridgehead atoms. The van der Waals surface area contributed by atoms with Gasteiger partial charge in [0.2, 0.25) is 0 Å². The van der Waals surface area contributed by atoms with Crippen molar-refractivity contribution in [1.29, 1.82) is 0 Å². The molecule has 13 heavy (non-hydrogen) atoms. The summed E-state index contributed by atoms with van der Waals surface area (Å²) in [6, 6.07) is 0. The van der Waals surface area contributed by atoms with Crippen molar-refractivity contribution >= 4 is 0 Å². The molecular formula is C12H27N. The van der Waals surface area contributed by atoms with E-state index in [0.29, 0.717) is 0 Å². The maximum Gasteiger partial charge on any atom is -0.00773 e. The number of unbranched alkanes of at least 4 members (excludes halogenated alkanes) is 3. The van der Waals surface area contributed by atoms with Gasteiger partial charge in [-0.2, -0.15) is 0 Å². The largest absolute Gasteiger partial charge is 0.330 e. The minimum Gasteiger partial charge on any atom is -0.330 e. The highest BCUT2D eigenvalue weighted by Gasteiger charge is 2.04. The molecule has 0 aliphatic carbocycles. The molecule has 0 radical (unpaired) electrons. The van der Waals surface area contributed by atoms with Crippen LogP contribution in [0, 0.1) is 5.92 Å². The Morgan fingerprint density at radius 1 is 0.923 bits per heavy atom. The van der Waals surface area contributed by atoms with Crippen LogP contribution in [0.3, 0.4) is 0 Å². The standard InChI is InChI=1S/C12H27N/c1-3-5-9-12(4-2)10-7-6-8-11-13/h12H,3-11,13H2,1-2H3. The van der Waals surface area contributed by atoms with Gasteiger partial charge in [-0.1, -0.05) is 58.8 Å². The van der Waals surface area contributed by atoms with Gasteiger partial charge in [-0.15, -0.1) is 0 Å². The van der Waals surface area contributed by atoms with Gasteiger partial charge in [0, 0.05) is 0 Å². The van der Waals surface area contributed by atoms with E-state index in [4.69, 9.17) is 5.73 Å². The van der Waals surface area contributed by atoms with Crippen molar-refractivity contribution in [2.75, 3.05) is 6.54 Å². The first kappa shape index (κ1) is 13.0. The van der Waals surface area contributed by atoms with Gasteiger partial charge >= 0.3 is 0 Å². The van der Waals surface area contributed by atoms with Crippen LogP contribution in [0.5, 0.6) is 0 Å². The van der Waals surface area contributed by atoms with Crippen LogP contribution in [0.4, 0.5) is 0 Å². The zero-order valence-electron chi connectivity index (χ0n) is 9.52. The molecule has 0 saturated heterocycles. The van der Waals surface area contributed by atoms with Crippen LogP contribution in [-0.4, -0.2) is 6.54 Å². The van der Waals surface area contributed by atoms with Crippen LogP contribution in [0.15, 0.2) is 0 Å². The Kier molecular flexibility index (Phi) is 10.0. The number of hydrogen-bond donors (Lipinski definition) is 1. The van der Waals surface area contributed by atoms with Gasteiger partial charge in [0.05, 0.1) is 0 Å². The molecule has 0 amide bonds. The van der Waals surface area contributed by atoms with E-state index in [2.05, 4.69) is 13.8 Å². The van der Waals surface area contributed by atoms with Crippen LogP contribution in [0.1, 0.15) is 65.2 Å². The molecule has 80 valence electrons. The van der Waals surface area contributed by atoms with Gasteiger partial charge in [0.1, 0.15) is 0 Å². The SMILES string of the molecule is CCCCC(CC)CCCCCN. The number of rotatable bonds is 9. The average molecular weight is 185 g/mol. The predicted octanol–water partition coefficient (Wildman–Crippen LogP) is 3.72. The minimum atomic E-state index is 0.867. The summed E-state index contributed by atoms with van der Waals surface area (Å²) in [4.78, 5) is 0. The van der Waals surface area contributed by atoms with Gasteiger partial charge in [0.15, 0.2) is 0 Å². The molecular weight excluding hydrogens is 158 g/mol. The summed E-state index contributed by atoms with van der Waals surface area (Å²) in [7, 11) is 0. The van der Waals surface area contributed by atoms with Gasteiger partial charge in [0.25, 0.3) is 0 Å². The smallest absolute Gasteiger partial charge is 0.00773 e. The van der Waals surface area contributed by atoms with Gasteiger partial charge in [-0.3, -0.25) is 0 Å². The molecule has 0 aromatic carbocycles. The predicted molar refractivity (Wildman–Crippen MR) is 60.8 cm³/mol. The third kappa shape index (κ3) is 8.29. The van der Waals surface area contributed by atoms with Gasteiger partial charge in [-0.25, -0.2) is 0 Å². The maximum atomic E-state index is 5.46. The highest BCUT2D eigenvalue weighted by molar-refractivity contribution is 4.57. The highest BCUT2D eigenvalue weighted by atomic mass is 14.5. The lowest BCUT2D eigenvalue weighted by Gasteiger charge is -2.13. The summed E-state index contributed by atoms with van der Waals surface area (Å²) in [6.07, 6.45) is 10.9. The van der Waals surface area contributed by atoms with E-state index in [9.17, 15) is 0 Å². The molecule has 1 atom stereocenters. The van der Waals surface area contributed by atoms with Crippen LogP contribution >= 0.6 is 0 Å². The fourth-order valence-electron chi connectivity index (χ4n) is 1.80. The molecule has 0 spiro atoms. The third-order valence-electron chi connectivity index (χ3n) is 2.86. The summed E-state index contributed by atoms with van der Waals surface area (Å²) < 4.78 is 0. The topological polar surface area (TPSA) is 26.0 Å². The molecule has 0 heterocycles.